The number of likely N-dealkylation sites (tertiary alicyclic amines) is 1. The molecule has 2 saturated heterocycles. The van der Waals surface area contributed by atoms with E-state index in [1.165, 1.54) is 0 Å². The van der Waals surface area contributed by atoms with E-state index in [9.17, 15) is 19.5 Å². The molecule has 4 heterocycles. The Hall–Kier alpha value is -3.76. The lowest BCUT2D eigenvalue weighted by Crippen LogP contribution is -2.53. The Balaban J connectivity index is 1.34. The van der Waals surface area contributed by atoms with E-state index in [2.05, 4.69) is 43.0 Å². The molecule has 1 unspecified atom stereocenters. The van der Waals surface area contributed by atoms with Crippen molar-refractivity contribution >= 4 is 46.5 Å². The highest BCUT2D eigenvalue weighted by atomic mass is 32.2. The zero-order chi connectivity index (χ0) is 33.8. The van der Waals surface area contributed by atoms with E-state index in [0.717, 1.165) is 55.2 Å². The van der Waals surface area contributed by atoms with Gasteiger partial charge in [0.2, 0.25) is 11.8 Å². The lowest BCUT2D eigenvalue weighted by Gasteiger charge is -2.35. The largest absolute Gasteiger partial charge is 0.494 e. The summed E-state index contributed by atoms with van der Waals surface area (Å²) in [5.41, 5.74) is 2.66. The van der Waals surface area contributed by atoms with Crippen molar-refractivity contribution in [3.63, 3.8) is 0 Å². The fourth-order valence-electron chi connectivity index (χ4n) is 7.91. The zero-order valence-electron chi connectivity index (χ0n) is 28.3. The number of ether oxygens (including phenoxy) is 1. The first-order chi connectivity index (χ1) is 23.4. The minimum atomic E-state index is -0.869. The highest BCUT2D eigenvalue weighted by molar-refractivity contribution is 8.02. The Morgan fingerprint density at radius 3 is 2.15 bits per heavy atom. The van der Waals surface area contributed by atoms with Crippen molar-refractivity contribution < 1.29 is 24.2 Å². The predicted molar refractivity (Wildman–Crippen MR) is 193 cm³/mol. The predicted octanol–water partition coefficient (Wildman–Crippen LogP) is 5.29. The zero-order valence-corrected chi connectivity index (χ0v) is 29.1. The second-order valence-electron chi connectivity index (χ2n) is 12.9. The standard InChI is InChI=1S/C38H48N4O5S/c1-4-39(5-2)27-14-16-28(17-15-27)41-25-12-22-38-33(36(45)42(34(38)37(41)46)23-9-7-8-10-26-43)32-31(48-38)13-11-24-40(35(32)44)29-18-20-30(21-19-29)47-6-3/h11-22,31-34,43H,4-10,23-26H2,1-3H3/t31-,32+,33+,34?,38+/m1/s1. The number of aliphatic hydroxyl groups is 1. The number of fused-ring (bicyclic) bond motifs is 2. The number of hydrogen-bond acceptors (Lipinski definition) is 7. The summed E-state index contributed by atoms with van der Waals surface area (Å²) in [4.78, 5) is 51.7. The van der Waals surface area contributed by atoms with Crippen molar-refractivity contribution in [2.24, 2.45) is 11.8 Å². The minimum absolute atomic E-state index is 0.0885. The summed E-state index contributed by atoms with van der Waals surface area (Å²) in [6.07, 6.45) is 11.3. The first-order valence-corrected chi connectivity index (χ1v) is 18.4. The number of nitrogens with zero attached hydrogens (tertiary/aromatic N) is 4. The van der Waals surface area contributed by atoms with Crippen LogP contribution in [0.5, 0.6) is 5.75 Å². The van der Waals surface area contributed by atoms with Gasteiger partial charge in [-0.3, -0.25) is 14.4 Å². The number of benzene rings is 2. The molecule has 2 fully saturated rings. The molecule has 5 atom stereocenters. The number of unbranched alkanes of at least 4 members (excludes halogenated alkanes) is 3. The molecule has 256 valence electrons. The average Bonchev–Trinajstić information content (AvgIpc) is 3.40. The number of anilines is 3. The molecule has 0 saturated carbocycles. The van der Waals surface area contributed by atoms with Crippen molar-refractivity contribution in [3.05, 3.63) is 72.8 Å². The molecule has 48 heavy (non-hydrogen) atoms. The van der Waals surface area contributed by atoms with Crippen LogP contribution in [0.1, 0.15) is 46.5 Å². The molecule has 10 heteroatoms. The molecule has 0 aliphatic carbocycles. The normalized spacial score (nSPS) is 26.3. The van der Waals surface area contributed by atoms with Crippen LogP contribution in [0.25, 0.3) is 0 Å². The average molecular weight is 673 g/mol. The Morgan fingerprint density at radius 2 is 1.48 bits per heavy atom. The second kappa shape index (κ2) is 14.8. The van der Waals surface area contributed by atoms with Gasteiger partial charge in [-0.05, 0) is 82.1 Å². The minimum Gasteiger partial charge on any atom is -0.494 e. The molecule has 4 aliphatic rings. The molecule has 0 aromatic heterocycles. The summed E-state index contributed by atoms with van der Waals surface area (Å²) in [5, 5.41) is 9.05. The van der Waals surface area contributed by atoms with Crippen LogP contribution in [0.4, 0.5) is 17.1 Å². The van der Waals surface area contributed by atoms with E-state index in [1.54, 1.807) is 26.5 Å². The molecule has 2 aromatic rings. The number of aliphatic hydroxyl groups excluding tert-OH is 1. The summed E-state index contributed by atoms with van der Waals surface area (Å²) in [6.45, 7) is 9.92. The number of carbonyl (C=O) groups is 3. The van der Waals surface area contributed by atoms with E-state index in [0.29, 0.717) is 32.7 Å². The van der Waals surface area contributed by atoms with Crippen LogP contribution >= 0.6 is 11.8 Å². The molecular formula is C38H48N4O5S. The van der Waals surface area contributed by atoms with Crippen LogP contribution < -0.4 is 19.4 Å². The molecular weight excluding hydrogens is 625 g/mol. The number of rotatable bonds is 13. The lowest BCUT2D eigenvalue weighted by molar-refractivity contribution is -0.138. The SMILES string of the molecule is CCOc1ccc(N2CC=C[C@H]3S[C@]45C=CCN(c6ccc(N(CC)CC)cc6)C(=O)C4N(CCCCCCO)C(=O)[C@@H]5[C@H]3C2=O)cc1. The van der Waals surface area contributed by atoms with Gasteiger partial charge in [0.25, 0.3) is 5.91 Å². The van der Waals surface area contributed by atoms with E-state index in [1.807, 2.05) is 55.5 Å². The first-order valence-electron chi connectivity index (χ1n) is 17.5. The maximum Gasteiger partial charge on any atom is 0.251 e. The third-order valence-corrected chi connectivity index (χ3v) is 12.0. The highest BCUT2D eigenvalue weighted by Crippen LogP contribution is 2.61. The highest BCUT2D eigenvalue weighted by Gasteiger charge is 2.71. The summed E-state index contributed by atoms with van der Waals surface area (Å²) >= 11 is 1.61. The quantitative estimate of drug-likeness (QED) is 0.229. The van der Waals surface area contributed by atoms with Crippen molar-refractivity contribution in [2.45, 2.75) is 62.5 Å². The second-order valence-corrected chi connectivity index (χ2v) is 14.3. The molecule has 9 nitrogen and oxygen atoms in total. The maximum atomic E-state index is 14.8. The summed E-state index contributed by atoms with van der Waals surface area (Å²) in [5.74, 6) is -0.841. The topological polar surface area (TPSA) is 93.6 Å². The van der Waals surface area contributed by atoms with Gasteiger partial charge >= 0.3 is 0 Å². The Kier molecular flexibility index (Phi) is 10.5. The van der Waals surface area contributed by atoms with Gasteiger partial charge in [0.1, 0.15) is 11.8 Å². The van der Waals surface area contributed by atoms with Crippen molar-refractivity contribution in [1.29, 1.82) is 0 Å². The molecule has 2 aromatic carbocycles. The van der Waals surface area contributed by atoms with Gasteiger partial charge in [-0.25, -0.2) is 0 Å². The van der Waals surface area contributed by atoms with Gasteiger partial charge in [0.15, 0.2) is 0 Å². The van der Waals surface area contributed by atoms with Gasteiger partial charge in [0.05, 0.1) is 23.2 Å². The van der Waals surface area contributed by atoms with Crippen molar-refractivity contribution in [3.8, 4) is 5.75 Å². The summed E-state index contributed by atoms with van der Waals surface area (Å²) in [6, 6.07) is 14.9. The number of amides is 3. The van der Waals surface area contributed by atoms with Crippen LogP contribution in [0.15, 0.2) is 72.8 Å². The Morgan fingerprint density at radius 1 is 0.833 bits per heavy atom. The molecule has 3 amide bonds. The van der Waals surface area contributed by atoms with Gasteiger partial charge in [-0.1, -0.05) is 37.1 Å². The van der Waals surface area contributed by atoms with E-state index in [-0.39, 0.29) is 29.6 Å². The molecule has 4 aliphatic heterocycles. The van der Waals surface area contributed by atoms with Crippen LogP contribution in [0.3, 0.4) is 0 Å². The van der Waals surface area contributed by atoms with Crippen LogP contribution in [-0.4, -0.2) is 89.7 Å². The van der Waals surface area contributed by atoms with E-state index in [4.69, 9.17) is 4.74 Å². The number of carbonyl (C=O) groups excluding carboxylic acids is 3. The third-order valence-electron chi connectivity index (χ3n) is 10.2. The van der Waals surface area contributed by atoms with Gasteiger partial charge in [0, 0.05) is 61.6 Å². The van der Waals surface area contributed by atoms with E-state index < -0.39 is 22.6 Å². The van der Waals surface area contributed by atoms with Gasteiger partial charge in [-0.15, -0.1) is 11.8 Å². The summed E-state index contributed by atoms with van der Waals surface area (Å²) in [7, 11) is 0. The van der Waals surface area contributed by atoms with Gasteiger partial charge in [-0.2, -0.15) is 0 Å². The monoisotopic (exact) mass is 672 g/mol. The number of thioether (sulfide) groups is 1. The van der Waals surface area contributed by atoms with Crippen LogP contribution in [-0.2, 0) is 14.4 Å². The van der Waals surface area contributed by atoms with Gasteiger partial charge < -0.3 is 29.4 Å². The van der Waals surface area contributed by atoms with E-state index >= 15 is 0 Å². The van der Waals surface area contributed by atoms with Crippen molar-refractivity contribution in [1.82, 2.24) is 4.90 Å². The first kappa shape index (κ1) is 34.1. The smallest absolute Gasteiger partial charge is 0.251 e. The fraction of sp³-hybridized carbons (Fsp3) is 0.500. The van der Waals surface area contributed by atoms with Crippen molar-refractivity contribution in [2.75, 3.05) is 60.6 Å². The number of hydrogen-bond donors (Lipinski definition) is 1. The lowest BCUT2D eigenvalue weighted by atomic mass is 9.78. The molecule has 1 spiro atoms. The molecule has 0 bridgehead atoms. The fourth-order valence-corrected chi connectivity index (χ4v) is 9.92. The molecule has 1 N–H and O–H groups in total. The Bertz CT molecular complexity index is 1520. The van der Waals surface area contributed by atoms with Crippen LogP contribution in [0.2, 0.25) is 0 Å². The third kappa shape index (κ3) is 6.13. The Labute approximate surface area is 288 Å². The summed E-state index contributed by atoms with van der Waals surface area (Å²) < 4.78 is 4.76. The molecule has 0 radical (unpaired) electrons. The molecule has 6 rings (SSSR count). The maximum absolute atomic E-state index is 14.8. The van der Waals surface area contributed by atoms with Crippen LogP contribution in [0, 0.1) is 11.8 Å².